The number of hydrogen-bond acceptors (Lipinski definition) is 4. The molecule has 5 nitrogen and oxygen atoms in total. The van der Waals surface area contributed by atoms with Crippen molar-refractivity contribution in [2.75, 3.05) is 9.96 Å². The Kier molecular flexibility index (Phi) is 4.97. The first kappa shape index (κ1) is 21.3. The van der Waals surface area contributed by atoms with E-state index in [1.807, 2.05) is 91.0 Å². The maximum Gasteiger partial charge on any atom is 0.267 e. The molecule has 2 aliphatic rings. The molecule has 0 aliphatic carbocycles. The Balaban J connectivity index is 1.61. The summed E-state index contributed by atoms with van der Waals surface area (Å²) >= 11 is 0. The molecule has 4 aromatic carbocycles. The van der Waals surface area contributed by atoms with E-state index in [0.29, 0.717) is 11.3 Å². The lowest BCUT2D eigenvalue weighted by Crippen LogP contribution is -2.46. The first-order chi connectivity index (χ1) is 17.1. The van der Waals surface area contributed by atoms with E-state index in [1.54, 1.807) is 5.06 Å². The minimum absolute atomic E-state index is 0.313. The molecule has 6 heteroatoms. The molecule has 0 radical (unpaired) electrons. The van der Waals surface area contributed by atoms with Gasteiger partial charge in [-0.15, -0.1) is 0 Å². The smallest absolute Gasteiger partial charge is 0.267 e. The van der Waals surface area contributed by atoms with Crippen molar-refractivity contribution in [3.05, 3.63) is 132 Å². The van der Waals surface area contributed by atoms with Crippen LogP contribution in [0.15, 0.2) is 115 Å². The highest BCUT2D eigenvalue weighted by molar-refractivity contribution is 6.28. The third-order valence-electron chi connectivity index (χ3n) is 6.76. The number of imide groups is 1. The van der Waals surface area contributed by atoms with Crippen LogP contribution in [0.5, 0.6) is 0 Å². The van der Waals surface area contributed by atoms with Gasteiger partial charge in [0, 0.05) is 0 Å². The maximum absolute atomic E-state index is 14.5. The van der Waals surface area contributed by atoms with Crippen molar-refractivity contribution >= 4 is 23.2 Å². The van der Waals surface area contributed by atoms with Crippen LogP contribution in [-0.4, -0.2) is 17.9 Å². The lowest BCUT2D eigenvalue weighted by atomic mass is 9.69. The van der Waals surface area contributed by atoms with Gasteiger partial charge >= 0.3 is 0 Å². The van der Waals surface area contributed by atoms with Crippen molar-refractivity contribution < 1.29 is 18.8 Å². The van der Waals surface area contributed by atoms with Crippen LogP contribution in [0.4, 0.5) is 15.8 Å². The van der Waals surface area contributed by atoms with Gasteiger partial charge in [-0.05, 0) is 47.5 Å². The molecule has 2 saturated heterocycles. The molecule has 0 bridgehead atoms. The van der Waals surface area contributed by atoms with E-state index in [9.17, 15) is 14.0 Å². The SMILES string of the molecule is O=C1[C@@H]2ON(c3ccccc3)[C@H](c3ccccc3)[C@]2(c2ccccc2)C(=O)N1c1ccc(F)cc1. The maximum atomic E-state index is 14.5. The zero-order valence-corrected chi connectivity index (χ0v) is 18.6. The van der Waals surface area contributed by atoms with Crippen LogP contribution in [0.1, 0.15) is 17.2 Å². The van der Waals surface area contributed by atoms with Crippen LogP contribution in [0.2, 0.25) is 0 Å². The molecule has 0 saturated carbocycles. The van der Waals surface area contributed by atoms with E-state index >= 15 is 0 Å². The molecule has 2 amide bonds. The first-order valence-electron chi connectivity index (χ1n) is 11.4. The van der Waals surface area contributed by atoms with Crippen LogP contribution in [0.3, 0.4) is 0 Å². The predicted molar refractivity (Wildman–Crippen MR) is 130 cm³/mol. The Hall–Kier alpha value is -4.29. The highest BCUT2D eigenvalue weighted by atomic mass is 19.1. The predicted octanol–water partition coefficient (Wildman–Crippen LogP) is 5.20. The van der Waals surface area contributed by atoms with E-state index in [-0.39, 0.29) is 0 Å². The number of amides is 2. The number of carbonyl (C=O) groups is 2. The van der Waals surface area contributed by atoms with Crippen LogP contribution in [0.25, 0.3) is 0 Å². The molecule has 0 aromatic heterocycles. The highest BCUT2D eigenvalue weighted by Gasteiger charge is 2.72. The van der Waals surface area contributed by atoms with Gasteiger partial charge in [-0.1, -0.05) is 78.9 Å². The standard InChI is InChI=1S/C29H21FN2O3/c30-22-16-18-23(19-17-22)31-27(33)26-29(28(31)34,21-12-6-2-7-13-21)25(20-10-4-1-5-11-20)32(35-26)24-14-8-3-9-15-24/h1-19,25-26H/t25-,26+,29+/m1/s1. The lowest BCUT2D eigenvalue weighted by Gasteiger charge is -2.35. The molecular weight excluding hydrogens is 443 g/mol. The third-order valence-corrected chi connectivity index (χ3v) is 6.76. The molecule has 0 spiro atoms. The van der Waals surface area contributed by atoms with E-state index in [1.165, 1.54) is 24.3 Å². The van der Waals surface area contributed by atoms with Gasteiger partial charge in [0.05, 0.1) is 11.4 Å². The molecule has 0 N–H and O–H groups in total. The molecule has 3 atom stereocenters. The molecule has 4 aromatic rings. The van der Waals surface area contributed by atoms with Crippen LogP contribution in [-0.2, 0) is 19.8 Å². The van der Waals surface area contributed by atoms with Gasteiger partial charge in [-0.2, -0.15) is 0 Å². The second kappa shape index (κ2) is 8.18. The molecule has 2 heterocycles. The van der Waals surface area contributed by atoms with E-state index in [4.69, 9.17) is 4.84 Å². The second-order valence-electron chi connectivity index (χ2n) is 8.65. The molecule has 172 valence electrons. The Morgan fingerprint density at radius 2 is 1.26 bits per heavy atom. The fourth-order valence-electron chi connectivity index (χ4n) is 5.26. The van der Waals surface area contributed by atoms with Gasteiger partial charge in [0.15, 0.2) is 6.10 Å². The average Bonchev–Trinajstić information content (AvgIpc) is 3.38. The number of hydrogen-bond donors (Lipinski definition) is 0. The van der Waals surface area contributed by atoms with Crippen molar-refractivity contribution in [3.8, 4) is 0 Å². The van der Waals surface area contributed by atoms with Crippen molar-refractivity contribution in [3.63, 3.8) is 0 Å². The summed E-state index contributed by atoms with van der Waals surface area (Å²) in [5.41, 5.74) is 1.21. The average molecular weight is 464 g/mol. The quantitative estimate of drug-likeness (QED) is 0.390. The summed E-state index contributed by atoms with van der Waals surface area (Å²) < 4.78 is 13.6. The monoisotopic (exact) mass is 464 g/mol. The van der Waals surface area contributed by atoms with Gasteiger partial charge < -0.3 is 0 Å². The fourth-order valence-corrected chi connectivity index (χ4v) is 5.26. The van der Waals surface area contributed by atoms with Gasteiger partial charge in [0.2, 0.25) is 5.91 Å². The minimum atomic E-state index is -1.36. The normalized spacial score (nSPS) is 23.6. The van der Waals surface area contributed by atoms with Gasteiger partial charge in [0.1, 0.15) is 17.3 Å². The second-order valence-corrected chi connectivity index (χ2v) is 8.65. The summed E-state index contributed by atoms with van der Waals surface area (Å²) in [6.45, 7) is 0. The molecule has 35 heavy (non-hydrogen) atoms. The zero-order valence-electron chi connectivity index (χ0n) is 18.6. The summed E-state index contributed by atoms with van der Waals surface area (Å²) in [4.78, 5) is 35.9. The Bertz CT molecular complexity index is 1380. The number of benzene rings is 4. The van der Waals surface area contributed by atoms with E-state index < -0.39 is 35.2 Å². The number of halogens is 1. The number of hydroxylamine groups is 1. The summed E-state index contributed by atoms with van der Waals surface area (Å²) in [5, 5.41) is 1.69. The van der Waals surface area contributed by atoms with E-state index in [0.717, 1.165) is 16.2 Å². The lowest BCUT2D eigenvalue weighted by molar-refractivity contribution is -0.126. The number of fused-ring (bicyclic) bond motifs is 1. The highest BCUT2D eigenvalue weighted by Crippen LogP contribution is 2.57. The Morgan fingerprint density at radius 3 is 1.89 bits per heavy atom. The summed E-state index contributed by atoms with van der Waals surface area (Å²) in [6.07, 6.45) is -1.10. The first-order valence-corrected chi connectivity index (χ1v) is 11.4. The number of anilines is 2. The molecule has 2 aliphatic heterocycles. The van der Waals surface area contributed by atoms with Crippen molar-refractivity contribution in [1.29, 1.82) is 0 Å². The summed E-state index contributed by atoms with van der Waals surface area (Å²) in [7, 11) is 0. The summed E-state index contributed by atoms with van der Waals surface area (Å²) in [6, 6.07) is 33.1. The Labute approximate surface area is 201 Å². The topological polar surface area (TPSA) is 49.9 Å². The number of para-hydroxylation sites is 1. The van der Waals surface area contributed by atoms with E-state index in [2.05, 4.69) is 0 Å². The molecule has 6 rings (SSSR count). The Morgan fingerprint density at radius 1 is 0.686 bits per heavy atom. The van der Waals surface area contributed by atoms with Crippen LogP contribution >= 0.6 is 0 Å². The minimum Gasteiger partial charge on any atom is -0.273 e. The van der Waals surface area contributed by atoms with Crippen LogP contribution < -0.4 is 9.96 Å². The van der Waals surface area contributed by atoms with Crippen molar-refractivity contribution in [2.24, 2.45) is 0 Å². The molecule has 0 unspecified atom stereocenters. The van der Waals surface area contributed by atoms with Crippen molar-refractivity contribution in [2.45, 2.75) is 17.6 Å². The van der Waals surface area contributed by atoms with Crippen molar-refractivity contribution in [1.82, 2.24) is 0 Å². The fraction of sp³-hybridized carbons (Fsp3) is 0.103. The molecular formula is C29H21FN2O3. The van der Waals surface area contributed by atoms with Gasteiger partial charge in [-0.25, -0.2) is 14.4 Å². The third kappa shape index (κ3) is 3.11. The van der Waals surface area contributed by atoms with Gasteiger partial charge in [0.25, 0.3) is 5.91 Å². The zero-order chi connectivity index (χ0) is 24.0. The number of rotatable bonds is 4. The molecule has 2 fully saturated rings. The largest absolute Gasteiger partial charge is 0.273 e. The number of nitrogens with zero attached hydrogens (tertiary/aromatic N) is 2. The number of carbonyl (C=O) groups excluding carboxylic acids is 2. The van der Waals surface area contributed by atoms with Gasteiger partial charge in [-0.3, -0.25) is 14.4 Å². The summed E-state index contributed by atoms with van der Waals surface area (Å²) in [5.74, 6) is -1.33. The van der Waals surface area contributed by atoms with Crippen LogP contribution in [0, 0.1) is 5.82 Å².